The van der Waals surface area contributed by atoms with Gasteiger partial charge in [0.05, 0.1) is 31.0 Å². The van der Waals surface area contributed by atoms with Crippen LogP contribution in [0, 0.1) is 6.92 Å². The predicted octanol–water partition coefficient (Wildman–Crippen LogP) is 2.33. The summed E-state index contributed by atoms with van der Waals surface area (Å²) < 4.78 is 7.41. The molecule has 1 aromatic heterocycles. The van der Waals surface area contributed by atoms with E-state index in [0.717, 1.165) is 17.8 Å². The van der Waals surface area contributed by atoms with Crippen molar-refractivity contribution in [3.63, 3.8) is 0 Å². The first-order valence-electron chi connectivity index (χ1n) is 6.29. The number of hydrogen-bond acceptors (Lipinski definition) is 3. The standard InChI is InChI=1S/C13H21N3O2/c1-9-6-14-16-7-10(2)15(8-11(9)16)12(17)18-13(3,4)5/h6,10H,7-8H2,1-5H3. The maximum Gasteiger partial charge on any atom is 0.410 e. The van der Waals surface area contributed by atoms with Gasteiger partial charge in [-0.2, -0.15) is 5.10 Å². The lowest BCUT2D eigenvalue weighted by molar-refractivity contribution is 0.00901. The van der Waals surface area contributed by atoms with Gasteiger partial charge in [-0.1, -0.05) is 0 Å². The molecular weight excluding hydrogens is 230 g/mol. The van der Waals surface area contributed by atoms with Crippen LogP contribution in [0.1, 0.15) is 39.0 Å². The second-order valence-electron chi connectivity index (χ2n) is 5.91. The summed E-state index contributed by atoms with van der Waals surface area (Å²) in [5, 5.41) is 4.31. The SMILES string of the molecule is Cc1cnn2c1CN(C(=O)OC(C)(C)C)C(C)C2. The first-order valence-corrected chi connectivity index (χ1v) is 6.29. The van der Waals surface area contributed by atoms with E-state index in [-0.39, 0.29) is 12.1 Å². The van der Waals surface area contributed by atoms with E-state index in [4.69, 9.17) is 4.74 Å². The van der Waals surface area contributed by atoms with Crippen LogP contribution < -0.4 is 0 Å². The molecule has 0 N–H and O–H groups in total. The molecule has 1 atom stereocenters. The number of ether oxygens (including phenoxy) is 1. The van der Waals surface area contributed by atoms with Gasteiger partial charge in [-0.3, -0.25) is 9.58 Å². The lowest BCUT2D eigenvalue weighted by atomic mass is 10.1. The third-order valence-electron chi connectivity index (χ3n) is 3.07. The average molecular weight is 251 g/mol. The molecule has 1 aliphatic rings. The van der Waals surface area contributed by atoms with E-state index in [1.807, 2.05) is 45.5 Å². The van der Waals surface area contributed by atoms with Crippen molar-refractivity contribution < 1.29 is 9.53 Å². The summed E-state index contributed by atoms with van der Waals surface area (Å²) in [5.74, 6) is 0. The lowest BCUT2D eigenvalue weighted by Crippen LogP contribution is -2.47. The van der Waals surface area contributed by atoms with Crippen LogP contribution in [0.3, 0.4) is 0 Å². The van der Waals surface area contributed by atoms with Crippen molar-refractivity contribution in [1.29, 1.82) is 0 Å². The molecule has 0 saturated carbocycles. The van der Waals surface area contributed by atoms with Crippen LogP contribution in [0.2, 0.25) is 0 Å². The first-order chi connectivity index (χ1) is 8.28. The number of hydrogen-bond donors (Lipinski definition) is 0. The van der Waals surface area contributed by atoms with Crippen molar-refractivity contribution in [2.24, 2.45) is 0 Å². The first kappa shape index (κ1) is 12.9. The summed E-state index contributed by atoms with van der Waals surface area (Å²) in [6.07, 6.45) is 1.60. The molecule has 0 bridgehead atoms. The number of carbonyl (C=O) groups is 1. The summed E-state index contributed by atoms with van der Waals surface area (Å²) in [6.45, 7) is 11.0. The number of fused-ring (bicyclic) bond motifs is 1. The minimum atomic E-state index is -0.455. The monoisotopic (exact) mass is 251 g/mol. The van der Waals surface area contributed by atoms with Gasteiger partial charge in [0.15, 0.2) is 0 Å². The Morgan fingerprint density at radius 1 is 1.50 bits per heavy atom. The number of carbonyl (C=O) groups excluding carboxylic acids is 1. The fourth-order valence-electron chi connectivity index (χ4n) is 2.10. The molecule has 1 aromatic rings. The molecule has 2 rings (SSSR count). The molecule has 0 spiro atoms. The molecule has 1 aliphatic heterocycles. The third kappa shape index (κ3) is 2.49. The minimum absolute atomic E-state index is 0.103. The Kier molecular flexibility index (Phi) is 3.09. The summed E-state index contributed by atoms with van der Waals surface area (Å²) in [6, 6.07) is 0.103. The Morgan fingerprint density at radius 2 is 2.17 bits per heavy atom. The Balaban J connectivity index is 2.16. The molecule has 0 fully saturated rings. The molecule has 0 saturated heterocycles. The highest BCUT2D eigenvalue weighted by Crippen LogP contribution is 2.22. The highest BCUT2D eigenvalue weighted by molar-refractivity contribution is 5.68. The number of aryl methyl sites for hydroxylation is 1. The van der Waals surface area contributed by atoms with E-state index in [1.54, 1.807) is 4.90 Å². The summed E-state index contributed by atoms with van der Waals surface area (Å²) in [4.78, 5) is 13.9. The van der Waals surface area contributed by atoms with Gasteiger partial charge in [-0.15, -0.1) is 0 Å². The second kappa shape index (κ2) is 4.30. The van der Waals surface area contributed by atoms with Crippen LogP contribution in [0.4, 0.5) is 4.79 Å². The third-order valence-corrected chi connectivity index (χ3v) is 3.07. The lowest BCUT2D eigenvalue weighted by Gasteiger charge is -2.35. The van der Waals surface area contributed by atoms with Gasteiger partial charge >= 0.3 is 6.09 Å². The molecule has 5 nitrogen and oxygen atoms in total. The van der Waals surface area contributed by atoms with E-state index in [0.29, 0.717) is 6.54 Å². The Morgan fingerprint density at radius 3 is 2.78 bits per heavy atom. The number of amides is 1. The zero-order valence-corrected chi connectivity index (χ0v) is 11.7. The normalized spacial score (nSPS) is 19.6. The molecule has 18 heavy (non-hydrogen) atoms. The minimum Gasteiger partial charge on any atom is -0.444 e. The number of nitrogens with zero attached hydrogens (tertiary/aromatic N) is 3. The van der Waals surface area contributed by atoms with Gasteiger partial charge in [0.1, 0.15) is 5.60 Å². The fraction of sp³-hybridized carbons (Fsp3) is 0.692. The fourth-order valence-corrected chi connectivity index (χ4v) is 2.10. The van der Waals surface area contributed by atoms with Crippen molar-refractivity contribution in [1.82, 2.24) is 14.7 Å². The van der Waals surface area contributed by atoms with Gasteiger partial charge in [-0.05, 0) is 40.2 Å². The molecule has 0 aromatic carbocycles. The topological polar surface area (TPSA) is 47.4 Å². The molecule has 100 valence electrons. The van der Waals surface area contributed by atoms with Crippen LogP contribution in [0.25, 0.3) is 0 Å². The van der Waals surface area contributed by atoms with Crippen LogP contribution in [-0.2, 0) is 17.8 Å². The highest BCUT2D eigenvalue weighted by Gasteiger charge is 2.31. The maximum absolute atomic E-state index is 12.1. The molecule has 2 heterocycles. The Labute approximate surface area is 108 Å². The van der Waals surface area contributed by atoms with Crippen LogP contribution >= 0.6 is 0 Å². The van der Waals surface area contributed by atoms with Crippen molar-refractivity contribution in [3.05, 3.63) is 17.5 Å². The molecule has 1 unspecified atom stereocenters. The average Bonchev–Trinajstić information content (AvgIpc) is 2.56. The van der Waals surface area contributed by atoms with Crippen LogP contribution in [0.15, 0.2) is 6.20 Å². The van der Waals surface area contributed by atoms with E-state index >= 15 is 0 Å². The van der Waals surface area contributed by atoms with Gasteiger partial charge in [0.2, 0.25) is 0 Å². The second-order valence-corrected chi connectivity index (χ2v) is 5.91. The summed E-state index contributed by atoms with van der Waals surface area (Å²) in [7, 11) is 0. The van der Waals surface area contributed by atoms with Crippen molar-refractivity contribution in [2.45, 2.75) is 59.4 Å². The van der Waals surface area contributed by atoms with Crippen molar-refractivity contribution in [3.8, 4) is 0 Å². The largest absolute Gasteiger partial charge is 0.444 e. The Bertz CT molecular complexity index is 459. The maximum atomic E-state index is 12.1. The van der Waals surface area contributed by atoms with Crippen molar-refractivity contribution in [2.75, 3.05) is 0 Å². The highest BCUT2D eigenvalue weighted by atomic mass is 16.6. The Hall–Kier alpha value is -1.52. The van der Waals surface area contributed by atoms with E-state index in [1.165, 1.54) is 0 Å². The van der Waals surface area contributed by atoms with Crippen LogP contribution in [0.5, 0.6) is 0 Å². The number of aromatic nitrogens is 2. The predicted molar refractivity (Wildman–Crippen MR) is 68.2 cm³/mol. The smallest absolute Gasteiger partial charge is 0.410 e. The van der Waals surface area contributed by atoms with Gasteiger partial charge in [0, 0.05) is 0 Å². The van der Waals surface area contributed by atoms with E-state index in [9.17, 15) is 4.79 Å². The molecule has 1 amide bonds. The van der Waals surface area contributed by atoms with E-state index in [2.05, 4.69) is 5.10 Å². The van der Waals surface area contributed by atoms with Gasteiger partial charge in [-0.25, -0.2) is 4.79 Å². The molecule has 5 heteroatoms. The van der Waals surface area contributed by atoms with Gasteiger partial charge < -0.3 is 4.74 Å². The van der Waals surface area contributed by atoms with Crippen LogP contribution in [-0.4, -0.2) is 32.4 Å². The molecular formula is C13H21N3O2. The zero-order valence-electron chi connectivity index (χ0n) is 11.7. The molecule has 0 aliphatic carbocycles. The van der Waals surface area contributed by atoms with Gasteiger partial charge in [0.25, 0.3) is 0 Å². The zero-order chi connectivity index (χ0) is 13.5. The van der Waals surface area contributed by atoms with Crippen molar-refractivity contribution >= 4 is 6.09 Å². The number of rotatable bonds is 0. The molecule has 0 radical (unpaired) electrons. The van der Waals surface area contributed by atoms with E-state index < -0.39 is 5.60 Å². The summed E-state index contributed by atoms with van der Waals surface area (Å²) >= 11 is 0. The summed E-state index contributed by atoms with van der Waals surface area (Å²) in [5.41, 5.74) is 1.76. The quantitative estimate of drug-likeness (QED) is 0.711.